The van der Waals surface area contributed by atoms with Gasteiger partial charge in [0.25, 0.3) is 0 Å². The number of nitrogens with zero attached hydrogens (tertiary/aromatic N) is 2. The topological polar surface area (TPSA) is 212 Å². The van der Waals surface area contributed by atoms with Crippen molar-refractivity contribution in [2.45, 2.75) is 185 Å². The molecule has 0 aromatic heterocycles. The van der Waals surface area contributed by atoms with Gasteiger partial charge >= 0.3 is 5.97 Å². The van der Waals surface area contributed by atoms with Gasteiger partial charge in [-0.2, -0.15) is 0 Å². The number of hydrogen-bond acceptors (Lipinski definition) is 14. The summed E-state index contributed by atoms with van der Waals surface area (Å²) in [5.74, 6) is -2.58. The van der Waals surface area contributed by atoms with Crippen LogP contribution >= 0.6 is 0 Å². The van der Waals surface area contributed by atoms with Gasteiger partial charge in [-0.05, 0) is 94.8 Å². The molecule has 0 saturated carbocycles. The van der Waals surface area contributed by atoms with Crippen molar-refractivity contribution in [3.8, 4) is 0 Å². The lowest BCUT2D eigenvalue weighted by atomic mass is 9.77. The van der Waals surface area contributed by atoms with E-state index in [1.54, 1.807) is 41.5 Å². The van der Waals surface area contributed by atoms with E-state index < -0.39 is 96.0 Å². The van der Waals surface area contributed by atoms with Gasteiger partial charge in [0.15, 0.2) is 12.6 Å². The lowest BCUT2D eigenvalue weighted by Gasteiger charge is -2.48. The molecular formula is C38H74N2O13. The normalized spacial score (nSPS) is 48.7. The van der Waals surface area contributed by atoms with E-state index in [9.17, 15) is 30.3 Å². The Morgan fingerprint density at radius 3 is 2.09 bits per heavy atom. The van der Waals surface area contributed by atoms with Gasteiger partial charge in [0.1, 0.15) is 30.0 Å². The maximum atomic E-state index is 14.2. The Bertz CT molecular complexity index is 1150. The molecule has 0 radical (unpaired) electrons. The number of methoxy groups -OCH3 is 1. The first-order chi connectivity index (χ1) is 23.9. The summed E-state index contributed by atoms with van der Waals surface area (Å²) in [5.41, 5.74) is -4.37. The fourth-order valence-corrected chi connectivity index (χ4v) is 8.74. The second-order valence-electron chi connectivity index (χ2n) is 17.2. The third-order valence-electron chi connectivity index (χ3n) is 12.2. The number of hydrogen-bond donors (Lipinski definition) is 5. The Hall–Kier alpha value is -1.05. The molecular weight excluding hydrogens is 692 g/mol. The van der Waals surface area contributed by atoms with Gasteiger partial charge in [-0.1, -0.05) is 20.8 Å². The summed E-state index contributed by atoms with van der Waals surface area (Å²) in [6.07, 6.45) is -8.19. The Morgan fingerprint density at radius 2 is 1.55 bits per heavy atom. The molecule has 0 aromatic carbocycles. The van der Waals surface area contributed by atoms with Crippen molar-refractivity contribution < 1.29 is 64.2 Å². The monoisotopic (exact) mass is 767 g/mol. The molecule has 53 heavy (non-hydrogen) atoms. The van der Waals surface area contributed by atoms with E-state index in [0.717, 1.165) is 0 Å². The van der Waals surface area contributed by atoms with Crippen LogP contribution in [0.5, 0.6) is 0 Å². The fourth-order valence-electron chi connectivity index (χ4n) is 8.74. The van der Waals surface area contributed by atoms with E-state index in [1.807, 2.05) is 51.7 Å². The molecule has 0 bridgehead atoms. The molecule has 7 N–H and O–H groups in total. The zero-order valence-corrected chi connectivity index (χ0v) is 34.7. The molecule has 314 valence electrons. The zero-order valence-electron chi connectivity index (χ0n) is 34.7. The molecule has 18 atom stereocenters. The van der Waals surface area contributed by atoms with Crippen LogP contribution in [0.3, 0.4) is 0 Å². The lowest BCUT2D eigenvalue weighted by molar-refractivity contribution is -0.318. The molecule has 15 nitrogen and oxygen atoms in total. The van der Waals surface area contributed by atoms with Crippen LogP contribution in [0.25, 0.3) is 0 Å². The second kappa shape index (κ2) is 18.9. The number of aliphatic hydroxyl groups is 5. The van der Waals surface area contributed by atoms with E-state index >= 15 is 0 Å². The summed E-state index contributed by atoms with van der Waals surface area (Å²) in [7, 11) is 7.12. The van der Waals surface area contributed by atoms with Gasteiger partial charge in [0.2, 0.25) is 0 Å². The quantitative estimate of drug-likeness (QED) is 0.230. The van der Waals surface area contributed by atoms with Crippen LogP contribution in [-0.4, -0.2) is 172 Å². The molecule has 3 fully saturated rings. The predicted octanol–water partition coefficient (Wildman–Crippen LogP) is 1.08. The van der Waals surface area contributed by atoms with Crippen LogP contribution in [0.2, 0.25) is 0 Å². The molecule has 3 rings (SSSR count). The highest BCUT2D eigenvalue weighted by Gasteiger charge is 2.52. The van der Waals surface area contributed by atoms with Gasteiger partial charge < -0.3 is 69.2 Å². The van der Waals surface area contributed by atoms with Crippen molar-refractivity contribution in [2.24, 2.45) is 17.8 Å². The number of likely N-dealkylation sites (N-methyl/N-ethyl adjacent to an activating group) is 2. The molecule has 0 amide bonds. The SMILES string of the molecule is CCC1OC(=O)C(C)C(OC2C[C@@](C)(OC)C(O)C(C)O2)C(C)C(OC2OC(C)CC(N(C)C)C2O)[C@](C)(O)CC(C)CN(C)C(C)C(O)[C@]1(C)O.O. The highest BCUT2D eigenvalue weighted by molar-refractivity contribution is 5.73. The number of carbonyl (C=O) groups excluding carboxylic acids is 1. The predicted molar refractivity (Wildman–Crippen MR) is 198 cm³/mol. The lowest BCUT2D eigenvalue weighted by Crippen LogP contribution is -2.60. The summed E-state index contributed by atoms with van der Waals surface area (Å²) in [6.45, 7) is 18.0. The number of cyclic esters (lactones) is 1. The zero-order chi connectivity index (χ0) is 39.7. The van der Waals surface area contributed by atoms with Crippen molar-refractivity contribution >= 4 is 5.97 Å². The minimum atomic E-state index is -1.80. The molecule has 3 aliphatic rings. The number of rotatable bonds is 7. The number of ether oxygens (including phenoxy) is 6. The van der Waals surface area contributed by atoms with Crippen LogP contribution < -0.4 is 0 Å². The Morgan fingerprint density at radius 1 is 0.943 bits per heavy atom. The highest BCUT2D eigenvalue weighted by Crippen LogP contribution is 2.40. The van der Waals surface area contributed by atoms with Crippen molar-refractivity contribution in [3.63, 3.8) is 0 Å². The van der Waals surface area contributed by atoms with Gasteiger partial charge in [-0.15, -0.1) is 0 Å². The standard InChI is InChI=1S/C38H72N2O12.H2O/c1-15-27-38(10,46)31(42)24(6)40(13)19-20(2)17-36(8,45)33(52-35-29(41)26(39(11)12)16-21(3)48-35)22(4)30(23(5)34(44)50-27)51-28-18-37(9,47-14)32(43)25(7)49-28;/h20-33,35,41-43,45-46H,15-19H2,1-14H3;1H2/t20?,21?,22?,23?,24?,25?,26?,27?,28?,29?,30?,31?,32?,33?,35?,36-,37-,38-;/m1./s1. The Balaban J connectivity index is 0.00000972. The number of carbonyl (C=O) groups is 1. The summed E-state index contributed by atoms with van der Waals surface area (Å²) in [5, 5.41) is 58.1. The summed E-state index contributed by atoms with van der Waals surface area (Å²) < 4.78 is 37.5. The maximum absolute atomic E-state index is 14.2. The highest BCUT2D eigenvalue weighted by atomic mass is 16.7. The largest absolute Gasteiger partial charge is 0.459 e. The number of esters is 1. The fraction of sp³-hybridized carbons (Fsp3) is 0.974. The van der Waals surface area contributed by atoms with Crippen molar-refractivity contribution in [1.82, 2.24) is 9.80 Å². The van der Waals surface area contributed by atoms with Crippen LogP contribution in [0.1, 0.15) is 94.9 Å². The first kappa shape index (κ1) is 48.1. The van der Waals surface area contributed by atoms with E-state index in [0.29, 0.717) is 13.0 Å². The molecule has 15 unspecified atom stereocenters. The molecule has 3 heterocycles. The van der Waals surface area contributed by atoms with Crippen molar-refractivity contribution in [2.75, 3.05) is 34.8 Å². The summed E-state index contributed by atoms with van der Waals surface area (Å²) >= 11 is 0. The summed E-state index contributed by atoms with van der Waals surface area (Å²) in [4.78, 5) is 18.0. The molecule has 15 heteroatoms. The minimum absolute atomic E-state index is 0. The van der Waals surface area contributed by atoms with E-state index in [-0.39, 0.29) is 42.8 Å². The van der Waals surface area contributed by atoms with Crippen molar-refractivity contribution in [1.29, 1.82) is 0 Å². The first-order valence-corrected chi connectivity index (χ1v) is 19.1. The van der Waals surface area contributed by atoms with Gasteiger partial charge in [0.05, 0.1) is 41.5 Å². The van der Waals surface area contributed by atoms with Crippen LogP contribution in [0.4, 0.5) is 0 Å². The van der Waals surface area contributed by atoms with Gasteiger partial charge in [-0.3, -0.25) is 4.79 Å². The van der Waals surface area contributed by atoms with Crippen LogP contribution in [0.15, 0.2) is 0 Å². The minimum Gasteiger partial charge on any atom is -0.459 e. The van der Waals surface area contributed by atoms with E-state index in [1.165, 1.54) is 14.0 Å². The van der Waals surface area contributed by atoms with E-state index in [4.69, 9.17) is 28.4 Å². The maximum Gasteiger partial charge on any atom is 0.311 e. The number of aliphatic hydroxyl groups excluding tert-OH is 3. The molecule has 3 saturated heterocycles. The Kier molecular flexibility index (Phi) is 17.2. The average molecular weight is 767 g/mol. The van der Waals surface area contributed by atoms with Crippen molar-refractivity contribution in [3.05, 3.63) is 0 Å². The molecule has 0 aromatic rings. The Labute approximate surface area is 317 Å². The average Bonchev–Trinajstić information content (AvgIpc) is 3.05. The smallest absolute Gasteiger partial charge is 0.311 e. The third kappa shape index (κ3) is 10.9. The van der Waals surface area contributed by atoms with Gasteiger partial charge in [0, 0.05) is 38.1 Å². The van der Waals surface area contributed by atoms with E-state index in [2.05, 4.69) is 0 Å². The van der Waals surface area contributed by atoms with Crippen LogP contribution in [-0.2, 0) is 33.2 Å². The molecule has 0 spiro atoms. The first-order valence-electron chi connectivity index (χ1n) is 19.1. The molecule has 3 aliphatic heterocycles. The molecule has 0 aliphatic carbocycles. The third-order valence-corrected chi connectivity index (χ3v) is 12.2. The summed E-state index contributed by atoms with van der Waals surface area (Å²) in [6, 6.07) is -0.808. The van der Waals surface area contributed by atoms with Crippen LogP contribution in [0, 0.1) is 17.8 Å². The second-order valence-corrected chi connectivity index (χ2v) is 17.2. The van der Waals surface area contributed by atoms with Gasteiger partial charge in [-0.25, -0.2) is 0 Å².